The topological polar surface area (TPSA) is 55.1 Å². The molecule has 0 saturated heterocycles. The molecule has 3 N–H and O–H groups in total. The van der Waals surface area contributed by atoms with Gasteiger partial charge in [0.1, 0.15) is 0 Å². The molecule has 0 radical (unpaired) electrons. The molecular formula is C14H19ClN2O. The van der Waals surface area contributed by atoms with E-state index in [4.69, 9.17) is 17.3 Å². The van der Waals surface area contributed by atoms with Crippen molar-refractivity contribution in [1.82, 2.24) is 5.32 Å². The number of halogens is 1. The minimum absolute atomic E-state index is 0.0681. The fraction of sp³-hybridized carbons (Fsp3) is 0.500. The molecule has 1 amide bonds. The third-order valence-corrected chi connectivity index (χ3v) is 3.56. The van der Waals surface area contributed by atoms with Crippen LogP contribution in [0.1, 0.15) is 37.8 Å². The van der Waals surface area contributed by atoms with E-state index in [9.17, 15) is 4.79 Å². The summed E-state index contributed by atoms with van der Waals surface area (Å²) >= 11 is 5.93. The zero-order valence-corrected chi connectivity index (χ0v) is 11.3. The molecule has 4 heteroatoms. The number of nitrogens with one attached hydrogen (secondary N) is 1. The van der Waals surface area contributed by atoms with Crippen LogP contribution >= 0.6 is 11.6 Å². The van der Waals surface area contributed by atoms with Gasteiger partial charge >= 0.3 is 0 Å². The van der Waals surface area contributed by atoms with E-state index in [2.05, 4.69) is 5.32 Å². The number of nitrogens with two attached hydrogens (primary N) is 1. The van der Waals surface area contributed by atoms with Crippen LogP contribution in [0.15, 0.2) is 24.3 Å². The molecule has 1 unspecified atom stereocenters. The molecule has 2 rings (SSSR count). The van der Waals surface area contributed by atoms with Crippen LogP contribution in [-0.2, 0) is 4.79 Å². The van der Waals surface area contributed by atoms with Gasteiger partial charge in [0.15, 0.2) is 0 Å². The molecule has 1 aliphatic carbocycles. The Balaban J connectivity index is 1.89. The van der Waals surface area contributed by atoms with Gasteiger partial charge in [-0.3, -0.25) is 4.79 Å². The number of carbonyl (C=O) groups excluding carboxylic acids is 1. The van der Waals surface area contributed by atoms with Crippen molar-refractivity contribution < 1.29 is 4.79 Å². The Kier molecular flexibility index (Phi) is 4.25. The minimum Gasteiger partial charge on any atom is -0.348 e. The Morgan fingerprint density at radius 3 is 2.89 bits per heavy atom. The Hall–Kier alpha value is -1.06. The molecule has 0 spiro atoms. The lowest BCUT2D eigenvalue weighted by molar-refractivity contribution is -0.123. The second-order valence-electron chi connectivity index (χ2n) is 5.07. The first-order valence-corrected chi connectivity index (χ1v) is 6.75. The summed E-state index contributed by atoms with van der Waals surface area (Å²) in [4.78, 5) is 11.9. The molecule has 0 aliphatic heterocycles. The van der Waals surface area contributed by atoms with Gasteiger partial charge in [-0.15, -0.1) is 0 Å². The summed E-state index contributed by atoms with van der Waals surface area (Å²) in [6.07, 6.45) is 3.23. The van der Waals surface area contributed by atoms with Crippen molar-refractivity contribution >= 4 is 17.5 Å². The highest BCUT2D eigenvalue weighted by Gasteiger charge is 2.27. The summed E-state index contributed by atoms with van der Waals surface area (Å²) in [7, 11) is 0. The summed E-state index contributed by atoms with van der Waals surface area (Å²) in [6.45, 7) is 1.94. The average molecular weight is 267 g/mol. The average Bonchev–Trinajstić information content (AvgIpc) is 3.12. The van der Waals surface area contributed by atoms with E-state index in [-0.39, 0.29) is 18.0 Å². The molecule has 0 heterocycles. The lowest BCUT2D eigenvalue weighted by Crippen LogP contribution is -2.41. The van der Waals surface area contributed by atoms with Gasteiger partial charge in [-0.1, -0.05) is 36.6 Å². The maximum absolute atomic E-state index is 11.9. The molecule has 18 heavy (non-hydrogen) atoms. The van der Waals surface area contributed by atoms with E-state index in [1.54, 1.807) is 0 Å². The fourth-order valence-corrected chi connectivity index (χ4v) is 2.20. The van der Waals surface area contributed by atoms with Gasteiger partial charge in [0.25, 0.3) is 0 Å². The molecule has 0 aromatic heterocycles. The highest BCUT2D eigenvalue weighted by atomic mass is 35.5. The normalized spacial score (nSPS) is 18.2. The summed E-state index contributed by atoms with van der Waals surface area (Å²) < 4.78 is 0. The lowest BCUT2D eigenvalue weighted by atomic mass is 10.1. The van der Waals surface area contributed by atoms with Gasteiger partial charge < -0.3 is 11.1 Å². The van der Waals surface area contributed by atoms with E-state index in [1.807, 2.05) is 31.2 Å². The van der Waals surface area contributed by atoms with Crippen LogP contribution in [0, 0.1) is 5.92 Å². The van der Waals surface area contributed by atoms with Crippen molar-refractivity contribution in [3.63, 3.8) is 0 Å². The van der Waals surface area contributed by atoms with Gasteiger partial charge in [-0.2, -0.15) is 0 Å². The van der Waals surface area contributed by atoms with Crippen molar-refractivity contribution in [1.29, 1.82) is 0 Å². The van der Waals surface area contributed by atoms with Crippen molar-refractivity contribution in [2.45, 2.75) is 38.3 Å². The first kappa shape index (κ1) is 13.4. The molecule has 1 aromatic carbocycles. The summed E-state index contributed by atoms with van der Waals surface area (Å²) in [5.74, 6) is 0.585. The van der Waals surface area contributed by atoms with E-state index >= 15 is 0 Å². The predicted molar refractivity (Wildman–Crippen MR) is 73.3 cm³/mol. The van der Waals surface area contributed by atoms with Crippen molar-refractivity contribution in [3.05, 3.63) is 34.9 Å². The summed E-state index contributed by atoms with van der Waals surface area (Å²) in [5.41, 5.74) is 6.87. The fourth-order valence-electron chi connectivity index (χ4n) is 2.00. The third kappa shape index (κ3) is 3.72. The van der Waals surface area contributed by atoms with Crippen molar-refractivity contribution in [3.8, 4) is 0 Å². The van der Waals surface area contributed by atoms with Gasteiger partial charge in [0.2, 0.25) is 5.91 Å². The zero-order valence-electron chi connectivity index (χ0n) is 10.5. The smallest absolute Gasteiger partial charge is 0.237 e. The summed E-state index contributed by atoms with van der Waals surface area (Å²) in [6, 6.07) is 7.05. The third-order valence-electron chi connectivity index (χ3n) is 3.33. The quantitative estimate of drug-likeness (QED) is 0.861. The van der Waals surface area contributed by atoms with Crippen LogP contribution in [0.25, 0.3) is 0 Å². The largest absolute Gasteiger partial charge is 0.348 e. The number of hydrogen-bond donors (Lipinski definition) is 2. The van der Waals surface area contributed by atoms with E-state index in [0.29, 0.717) is 10.9 Å². The highest BCUT2D eigenvalue weighted by Crippen LogP contribution is 2.33. The van der Waals surface area contributed by atoms with Crippen molar-refractivity contribution in [2.75, 3.05) is 0 Å². The Morgan fingerprint density at radius 1 is 1.56 bits per heavy atom. The maximum Gasteiger partial charge on any atom is 0.237 e. The second-order valence-corrected chi connectivity index (χ2v) is 5.51. The highest BCUT2D eigenvalue weighted by molar-refractivity contribution is 6.30. The Labute approximate surface area is 113 Å². The molecule has 1 aliphatic rings. The molecule has 2 atom stereocenters. The first-order valence-electron chi connectivity index (χ1n) is 6.37. The van der Waals surface area contributed by atoms with Gasteiger partial charge in [0.05, 0.1) is 12.1 Å². The van der Waals surface area contributed by atoms with Gasteiger partial charge in [0, 0.05) is 5.02 Å². The van der Waals surface area contributed by atoms with Crippen LogP contribution < -0.4 is 11.1 Å². The SMILES string of the molecule is C[C@@H](NC(=O)C(N)CC1CC1)c1cccc(Cl)c1. The number of benzene rings is 1. The number of amides is 1. The Bertz CT molecular complexity index is 432. The van der Waals surface area contributed by atoms with Gasteiger partial charge in [-0.25, -0.2) is 0 Å². The maximum atomic E-state index is 11.9. The predicted octanol–water partition coefficient (Wildman–Crippen LogP) is 2.64. The lowest BCUT2D eigenvalue weighted by Gasteiger charge is -2.18. The van der Waals surface area contributed by atoms with Crippen LogP contribution in [-0.4, -0.2) is 11.9 Å². The summed E-state index contributed by atoms with van der Waals surface area (Å²) in [5, 5.41) is 3.61. The first-order chi connectivity index (χ1) is 8.56. The molecule has 98 valence electrons. The van der Waals surface area contributed by atoms with E-state index in [1.165, 1.54) is 12.8 Å². The van der Waals surface area contributed by atoms with Crippen LogP contribution in [0.3, 0.4) is 0 Å². The van der Waals surface area contributed by atoms with Crippen molar-refractivity contribution in [2.24, 2.45) is 11.7 Å². The minimum atomic E-state index is -0.390. The van der Waals surface area contributed by atoms with Crippen LogP contribution in [0.4, 0.5) is 0 Å². The molecule has 3 nitrogen and oxygen atoms in total. The zero-order chi connectivity index (χ0) is 13.1. The standard InChI is InChI=1S/C14H19ClN2O/c1-9(11-3-2-4-12(15)8-11)17-14(18)13(16)7-10-5-6-10/h2-4,8-10,13H,5-7,16H2,1H3,(H,17,18)/t9-,13?/m1/s1. The number of hydrogen-bond acceptors (Lipinski definition) is 2. The van der Waals surface area contributed by atoms with Crippen LogP contribution in [0.5, 0.6) is 0 Å². The second kappa shape index (κ2) is 5.72. The molecular weight excluding hydrogens is 248 g/mol. The molecule has 0 bridgehead atoms. The molecule has 1 saturated carbocycles. The molecule has 1 aromatic rings. The number of carbonyl (C=O) groups is 1. The molecule has 1 fully saturated rings. The Morgan fingerprint density at radius 2 is 2.28 bits per heavy atom. The monoisotopic (exact) mass is 266 g/mol. The van der Waals surface area contributed by atoms with E-state index < -0.39 is 0 Å². The van der Waals surface area contributed by atoms with Crippen LogP contribution in [0.2, 0.25) is 5.02 Å². The number of rotatable bonds is 5. The van der Waals surface area contributed by atoms with E-state index in [0.717, 1.165) is 12.0 Å². The van der Waals surface area contributed by atoms with Gasteiger partial charge in [-0.05, 0) is 37.0 Å².